The molecule has 1 aliphatic carbocycles. The molecule has 0 saturated heterocycles. The van der Waals surface area contributed by atoms with E-state index in [1.165, 1.54) is 12.1 Å². The number of carbonyl (C=O) groups excluding carboxylic acids is 2. The summed E-state index contributed by atoms with van der Waals surface area (Å²) in [7, 11) is 0. The zero-order valence-electron chi connectivity index (χ0n) is 16.7. The van der Waals surface area contributed by atoms with Gasteiger partial charge in [0.15, 0.2) is 10.8 Å². The summed E-state index contributed by atoms with van der Waals surface area (Å²) in [6, 6.07) is 6.05. The number of thiazole rings is 1. The first kappa shape index (κ1) is 20.2. The number of benzene rings is 1. The van der Waals surface area contributed by atoms with Gasteiger partial charge < -0.3 is 4.74 Å². The lowest BCUT2D eigenvalue weighted by atomic mass is 9.95. The number of nitrogens with zero attached hydrogens (tertiary/aromatic N) is 3. The number of nitrogens with one attached hydrogen (secondary N) is 1. The number of amides is 1. The second-order valence-electron chi connectivity index (χ2n) is 6.98. The average molecular weight is 428 g/mol. The Hall–Kier alpha value is -3.07. The number of fused-ring (bicyclic) bond motifs is 1. The van der Waals surface area contributed by atoms with Crippen LogP contribution in [0.5, 0.6) is 0 Å². The Bertz CT molecular complexity index is 1100. The smallest absolute Gasteiger partial charge is 0.350 e. The van der Waals surface area contributed by atoms with E-state index in [9.17, 15) is 14.0 Å². The van der Waals surface area contributed by atoms with Crippen molar-refractivity contribution in [1.82, 2.24) is 14.8 Å². The van der Waals surface area contributed by atoms with Gasteiger partial charge >= 0.3 is 5.97 Å². The van der Waals surface area contributed by atoms with Gasteiger partial charge in [-0.25, -0.2) is 18.9 Å². The molecule has 1 amide bonds. The summed E-state index contributed by atoms with van der Waals surface area (Å²) >= 11 is 1.08. The van der Waals surface area contributed by atoms with Crippen LogP contribution in [0.3, 0.4) is 0 Å². The van der Waals surface area contributed by atoms with Crippen molar-refractivity contribution in [2.45, 2.75) is 39.5 Å². The summed E-state index contributed by atoms with van der Waals surface area (Å²) in [5.41, 5.74) is 3.43. The van der Waals surface area contributed by atoms with E-state index in [0.717, 1.165) is 48.3 Å². The molecule has 0 radical (unpaired) electrons. The van der Waals surface area contributed by atoms with Crippen LogP contribution >= 0.6 is 11.3 Å². The molecule has 0 unspecified atom stereocenters. The van der Waals surface area contributed by atoms with Gasteiger partial charge in [-0.05, 0) is 63.8 Å². The van der Waals surface area contributed by atoms with E-state index >= 15 is 0 Å². The largest absolute Gasteiger partial charge is 0.462 e. The number of carbonyl (C=O) groups is 2. The molecule has 0 fully saturated rings. The predicted molar refractivity (Wildman–Crippen MR) is 111 cm³/mol. The molecule has 9 heteroatoms. The molecule has 3 aromatic rings. The molecule has 0 bridgehead atoms. The summed E-state index contributed by atoms with van der Waals surface area (Å²) < 4.78 is 20.1. The summed E-state index contributed by atoms with van der Waals surface area (Å²) in [5, 5.41) is 7.64. The topological polar surface area (TPSA) is 86.1 Å². The van der Waals surface area contributed by atoms with Crippen LogP contribution < -0.4 is 5.32 Å². The second kappa shape index (κ2) is 8.35. The van der Waals surface area contributed by atoms with E-state index in [2.05, 4.69) is 15.4 Å². The van der Waals surface area contributed by atoms with Crippen LogP contribution in [-0.4, -0.2) is 33.2 Å². The molecule has 156 valence electrons. The normalized spacial score (nSPS) is 13.0. The number of hydrogen-bond donors (Lipinski definition) is 1. The van der Waals surface area contributed by atoms with Gasteiger partial charge in [0.2, 0.25) is 0 Å². The number of hydrogen-bond acceptors (Lipinski definition) is 6. The highest BCUT2D eigenvalue weighted by molar-refractivity contribution is 7.17. The van der Waals surface area contributed by atoms with Crippen LogP contribution in [0.15, 0.2) is 24.3 Å². The molecule has 1 aromatic carbocycles. The number of halogens is 1. The number of esters is 1. The molecule has 4 rings (SSSR count). The minimum absolute atomic E-state index is 0.269. The van der Waals surface area contributed by atoms with Crippen molar-refractivity contribution in [3.63, 3.8) is 0 Å². The molecular weight excluding hydrogens is 407 g/mol. The standard InChI is InChI=1S/C21H21FN4O3S/c1-3-29-20(28)18-12(2)23-21(30-18)24-19(27)17-15-6-4-5-7-16(15)26(25-17)14-10-8-13(22)9-11-14/h8-11H,3-7H2,1-2H3,(H,23,24,27). The second-order valence-corrected chi connectivity index (χ2v) is 7.98. The molecule has 0 saturated carbocycles. The number of aromatic nitrogens is 3. The van der Waals surface area contributed by atoms with Crippen LogP contribution in [0.2, 0.25) is 0 Å². The van der Waals surface area contributed by atoms with E-state index < -0.39 is 5.97 Å². The summed E-state index contributed by atoms with van der Waals surface area (Å²) in [6.45, 7) is 3.70. The van der Waals surface area contributed by atoms with Crippen LogP contribution in [0.1, 0.15) is 56.9 Å². The molecule has 1 N–H and O–H groups in total. The quantitative estimate of drug-likeness (QED) is 0.619. The maximum absolute atomic E-state index is 13.3. The Morgan fingerprint density at radius 2 is 1.97 bits per heavy atom. The Labute approximate surface area is 176 Å². The molecular formula is C21H21FN4O3S. The molecule has 30 heavy (non-hydrogen) atoms. The van der Waals surface area contributed by atoms with Gasteiger partial charge in [-0.3, -0.25) is 10.1 Å². The van der Waals surface area contributed by atoms with Crippen molar-refractivity contribution in [1.29, 1.82) is 0 Å². The molecule has 0 atom stereocenters. The highest BCUT2D eigenvalue weighted by Crippen LogP contribution is 2.29. The molecule has 2 aromatic heterocycles. The van der Waals surface area contributed by atoms with Crippen molar-refractivity contribution in [3.8, 4) is 5.69 Å². The Morgan fingerprint density at radius 3 is 2.70 bits per heavy atom. The predicted octanol–water partition coefficient (Wildman–Crippen LogP) is 4.08. The lowest BCUT2D eigenvalue weighted by Gasteiger charge is -2.14. The highest BCUT2D eigenvalue weighted by atomic mass is 32.1. The first-order valence-corrected chi connectivity index (χ1v) is 10.6. The van der Waals surface area contributed by atoms with Gasteiger partial charge in [-0.15, -0.1) is 0 Å². The number of aryl methyl sites for hydroxylation is 1. The van der Waals surface area contributed by atoms with Crippen molar-refractivity contribution in [2.24, 2.45) is 0 Å². The third kappa shape index (κ3) is 3.85. The van der Waals surface area contributed by atoms with E-state index in [1.54, 1.807) is 30.7 Å². The Morgan fingerprint density at radius 1 is 1.23 bits per heavy atom. The molecule has 2 heterocycles. The van der Waals surface area contributed by atoms with Crippen LogP contribution in [-0.2, 0) is 17.6 Å². The fourth-order valence-corrected chi connectivity index (χ4v) is 4.42. The average Bonchev–Trinajstić information content (AvgIpc) is 3.29. The van der Waals surface area contributed by atoms with Crippen molar-refractivity contribution < 1.29 is 18.7 Å². The van der Waals surface area contributed by atoms with Crippen molar-refractivity contribution in [2.75, 3.05) is 11.9 Å². The molecule has 0 aliphatic heterocycles. The van der Waals surface area contributed by atoms with Gasteiger partial charge in [-0.1, -0.05) is 11.3 Å². The zero-order valence-corrected chi connectivity index (χ0v) is 17.5. The van der Waals surface area contributed by atoms with Crippen molar-refractivity contribution in [3.05, 3.63) is 57.6 Å². The van der Waals surface area contributed by atoms with Crippen LogP contribution in [0.25, 0.3) is 5.69 Å². The van der Waals surface area contributed by atoms with E-state index in [-0.39, 0.29) is 18.3 Å². The monoisotopic (exact) mass is 428 g/mol. The highest BCUT2D eigenvalue weighted by Gasteiger charge is 2.27. The van der Waals surface area contributed by atoms with Gasteiger partial charge in [0, 0.05) is 11.3 Å². The number of ether oxygens (including phenoxy) is 1. The maximum atomic E-state index is 13.3. The fourth-order valence-electron chi connectivity index (χ4n) is 3.57. The number of rotatable bonds is 5. The van der Waals surface area contributed by atoms with E-state index in [0.29, 0.717) is 27.1 Å². The minimum atomic E-state index is -0.453. The van der Waals surface area contributed by atoms with Crippen LogP contribution in [0.4, 0.5) is 9.52 Å². The minimum Gasteiger partial charge on any atom is -0.462 e. The third-order valence-electron chi connectivity index (χ3n) is 4.94. The molecule has 7 nitrogen and oxygen atoms in total. The van der Waals surface area contributed by atoms with Gasteiger partial charge in [-0.2, -0.15) is 5.10 Å². The lowest BCUT2D eigenvalue weighted by Crippen LogP contribution is -2.15. The summed E-state index contributed by atoms with van der Waals surface area (Å²) in [5.74, 6) is -1.15. The van der Waals surface area contributed by atoms with Gasteiger partial charge in [0.1, 0.15) is 10.7 Å². The molecule has 1 aliphatic rings. The maximum Gasteiger partial charge on any atom is 0.350 e. The third-order valence-corrected chi connectivity index (χ3v) is 6.00. The fraction of sp³-hybridized carbons (Fsp3) is 0.333. The van der Waals surface area contributed by atoms with E-state index in [4.69, 9.17) is 4.74 Å². The van der Waals surface area contributed by atoms with Gasteiger partial charge in [0.25, 0.3) is 5.91 Å². The first-order valence-electron chi connectivity index (χ1n) is 9.80. The lowest BCUT2D eigenvalue weighted by molar-refractivity contribution is 0.0531. The zero-order chi connectivity index (χ0) is 21.3. The van der Waals surface area contributed by atoms with Crippen LogP contribution in [0, 0.1) is 12.7 Å². The Balaban J connectivity index is 1.64. The Kier molecular flexibility index (Phi) is 5.63. The SMILES string of the molecule is CCOC(=O)c1sc(NC(=O)c2nn(-c3ccc(F)cc3)c3c2CCCC3)nc1C. The van der Waals surface area contributed by atoms with E-state index in [1.807, 2.05) is 0 Å². The number of anilines is 1. The molecule has 0 spiro atoms. The van der Waals surface area contributed by atoms with Crippen molar-refractivity contribution >= 4 is 28.3 Å². The van der Waals surface area contributed by atoms with Gasteiger partial charge in [0.05, 0.1) is 18.0 Å². The summed E-state index contributed by atoms with van der Waals surface area (Å²) in [4.78, 5) is 29.7. The summed E-state index contributed by atoms with van der Waals surface area (Å²) in [6.07, 6.45) is 3.54. The first-order chi connectivity index (χ1) is 14.5.